The van der Waals surface area contributed by atoms with Crippen LogP contribution in [0.1, 0.15) is 17.3 Å². The Hall–Kier alpha value is -1.67. The van der Waals surface area contributed by atoms with Gasteiger partial charge in [0.1, 0.15) is 41.9 Å². The predicted octanol–water partition coefficient (Wildman–Crippen LogP) is -2.47. The third-order valence-electron chi connectivity index (χ3n) is 5.19. The Morgan fingerprint density at radius 1 is 1.10 bits per heavy atom. The molecule has 6 N–H and O–H groups in total. The first-order chi connectivity index (χ1) is 14.2. The molecule has 1 aromatic rings. The lowest BCUT2D eigenvalue weighted by atomic mass is 9.99. The Labute approximate surface area is 172 Å². The van der Waals surface area contributed by atoms with Gasteiger partial charge >= 0.3 is 0 Å². The van der Waals surface area contributed by atoms with E-state index < -0.39 is 55.3 Å². The molecular weight excluding hydrogens is 404 g/mol. The molecule has 1 aromatic carbocycles. The van der Waals surface area contributed by atoms with E-state index in [9.17, 15) is 30.3 Å². The van der Waals surface area contributed by atoms with Gasteiger partial charge in [0.15, 0.2) is 12.1 Å². The van der Waals surface area contributed by atoms with E-state index in [0.717, 1.165) is 0 Å². The Morgan fingerprint density at radius 3 is 2.33 bits per heavy atom. The Bertz CT molecular complexity index is 726. The summed E-state index contributed by atoms with van der Waals surface area (Å²) in [5.41, 5.74) is -1.41. The lowest BCUT2D eigenvalue weighted by Gasteiger charge is -2.40. The van der Waals surface area contributed by atoms with Gasteiger partial charge in [-0.15, -0.1) is 0 Å². The summed E-state index contributed by atoms with van der Waals surface area (Å²) in [5.74, 6) is 0.130. The fourth-order valence-electron chi connectivity index (χ4n) is 3.18. The van der Waals surface area contributed by atoms with Gasteiger partial charge in [0.25, 0.3) is 0 Å². The molecule has 0 bridgehead atoms. The lowest BCUT2D eigenvalue weighted by molar-refractivity contribution is -0.289. The summed E-state index contributed by atoms with van der Waals surface area (Å²) in [6.07, 6.45) is -10.1. The van der Waals surface area contributed by atoms with Crippen LogP contribution in [0, 0.1) is 0 Å². The highest BCUT2D eigenvalue weighted by Crippen LogP contribution is 2.28. The second kappa shape index (κ2) is 9.22. The van der Waals surface area contributed by atoms with Gasteiger partial charge in [-0.1, -0.05) is 0 Å². The first-order valence-corrected chi connectivity index (χ1v) is 9.38. The van der Waals surface area contributed by atoms with Crippen LogP contribution in [0.4, 0.5) is 0 Å². The summed E-state index contributed by atoms with van der Waals surface area (Å²) in [4.78, 5) is 11.3. The summed E-state index contributed by atoms with van der Waals surface area (Å²) < 4.78 is 21.5. The smallest absolute Gasteiger partial charge is 0.229 e. The van der Waals surface area contributed by atoms with Crippen molar-refractivity contribution in [1.29, 1.82) is 0 Å². The second-order valence-corrected chi connectivity index (χ2v) is 7.43. The van der Waals surface area contributed by atoms with Gasteiger partial charge < -0.3 is 49.6 Å². The fourth-order valence-corrected chi connectivity index (χ4v) is 3.18. The number of ketones is 1. The van der Waals surface area contributed by atoms with Crippen molar-refractivity contribution < 1.29 is 54.4 Å². The third kappa shape index (κ3) is 4.64. The van der Waals surface area contributed by atoms with E-state index >= 15 is 0 Å². The Kier molecular flexibility index (Phi) is 7.07. The van der Waals surface area contributed by atoms with Crippen molar-refractivity contribution in [3.05, 3.63) is 29.8 Å². The number of hydrogen-bond donors (Lipinski definition) is 6. The number of rotatable bonds is 7. The van der Waals surface area contributed by atoms with E-state index in [0.29, 0.717) is 5.56 Å². The molecule has 0 spiro atoms. The molecule has 2 aliphatic rings. The molecule has 0 amide bonds. The second-order valence-electron chi connectivity index (χ2n) is 7.43. The maximum Gasteiger partial charge on any atom is 0.229 e. The molecule has 8 atom stereocenters. The Balaban J connectivity index is 1.62. The van der Waals surface area contributed by atoms with Crippen LogP contribution in [0.15, 0.2) is 24.3 Å². The molecule has 2 aliphatic heterocycles. The minimum Gasteiger partial charge on any atom is -0.462 e. The number of carbonyl (C=O) groups excluding carboxylic acids is 1. The quantitative estimate of drug-likeness (QED) is 0.253. The summed E-state index contributed by atoms with van der Waals surface area (Å²) in [7, 11) is 0. The molecule has 30 heavy (non-hydrogen) atoms. The molecule has 0 unspecified atom stereocenters. The molecular formula is C19H26O11. The number of carbonyl (C=O) groups is 1. The van der Waals surface area contributed by atoms with Crippen molar-refractivity contribution >= 4 is 5.78 Å². The largest absolute Gasteiger partial charge is 0.462 e. The number of aliphatic hydroxyl groups excluding tert-OH is 5. The molecule has 2 heterocycles. The SMILES string of the molecule is CC(=O)c1ccc(O[C@@H]2O[C@H](CO[C@@H]3OC[C@](O)(CO)[C@H]3O)[C@@H](O)[C@H](O)[C@H]2O)cc1. The number of Topliss-reactive ketones (excluding diaryl/α,β-unsaturated/α-hetero) is 1. The molecule has 0 saturated carbocycles. The molecule has 0 radical (unpaired) electrons. The van der Waals surface area contributed by atoms with E-state index in [4.69, 9.17) is 24.1 Å². The van der Waals surface area contributed by atoms with Crippen molar-refractivity contribution in [3.63, 3.8) is 0 Å². The van der Waals surface area contributed by atoms with E-state index in [1.165, 1.54) is 31.2 Å². The predicted molar refractivity (Wildman–Crippen MR) is 97.5 cm³/mol. The zero-order valence-electron chi connectivity index (χ0n) is 16.2. The van der Waals surface area contributed by atoms with Crippen LogP contribution in [0.5, 0.6) is 5.75 Å². The minimum atomic E-state index is -1.87. The maximum absolute atomic E-state index is 11.3. The van der Waals surface area contributed by atoms with Crippen LogP contribution in [-0.2, 0) is 14.2 Å². The van der Waals surface area contributed by atoms with Crippen LogP contribution in [0.25, 0.3) is 0 Å². The van der Waals surface area contributed by atoms with Crippen molar-refractivity contribution in [2.24, 2.45) is 0 Å². The maximum atomic E-state index is 11.3. The molecule has 11 heteroatoms. The molecule has 11 nitrogen and oxygen atoms in total. The first kappa shape index (κ1) is 23.0. The normalized spacial score (nSPS) is 39.1. The van der Waals surface area contributed by atoms with Gasteiger partial charge in [0.2, 0.25) is 6.29 Å². The van der Waals surface area contributed by atoms with Gasteiger partial charge in [0.05, 0.1) is 19.8 Å². The zero-order valence-corrected chi connectivity index (χ0v) is 16.2. The minimum absolute atomic E-state index is 0.129. The highest BCUT2D eigenvalue weighted by Gasteiger charge is 2.50. The van der Waals surface area contributed by atoms with Crippen LogP contribution in [-0.4, -0.2) is 105 Å². The topological polar surface area (TPSA) is 175 Å². The molecule has 3 rings (SSSR count). The first-order valence-electron chi connectivity index (χ1n) is 9.38. The average molecular weight is 430 g/mol. The van der Waals surface area contributed by atoms with Crippen molar-refractivity contribution in [2.45, 2.75) is 55.6 Å². The summed E-state index contributed by atoms with van der Waals surface area (Å²) >= 11 is 0. The van der Waals surface area contributed by atoms with Gasteiger partial charge in [-0.05, 0) is 31.2 Å². The number of aliphatic hydroxyl groups is 6. The van der Waals surface area contributed by atoms with E-state index in [1.807, 2.05) is 0 Å². The monoisotopic (exact) mass is 430 g/mol. The summed E-state index contributed by atoms with van der Waals surface area (Å²) in [6.45, 7) is -0.0531. The Morgan fingerprint density at radius 2 is 1.77 bits per heavy atom. The van der Waals surface area contributed by atoms with E-state index in [-0.39, 0.29) is 24.7 Å². The highest BCUT2D eigenvalue weighted by atomic mass is 16.7. The number of hydrogen-bond acceptors (Lipinski definition) is 11. The van der Waals surface area contributed by atoms with Crippen LogP contribution in [0.3, 0.4) is 0 Å². The van der Waals surface area contributed by atoms with Crippen molar-refractivity contribution in [2.75, 3.05) is 19.8 Å². The molecule has 2 saturated heterocycles. The molecule has 0 aromatic heterocycles. The third-order valence-corrected chi connectivity index (χ3v) is 5.19. The molecule has 168 valence electrons. The van der Waals surface area contributed by atoms with Gasteiger partial charge in [-0.25, -0.2) is 0 Å². The average Bonchev–Trinajstić information content (AvgIpc) is 3.02. The fraction of sp³-hybridized carbons (Fsp3) is 0.632. The van der Waals surface area contributed by atoms with Crippen LogP contribution < -0.4 is 4.74 Å². The summed E-state index contributed by atoms with van der Waals surface area (Å²) in [5, 5.41) is 59.6. The number of benzene rings is 1. The van der Waals surface area contributed by atoms with Crippen LogP contribution in [0.2, 0.25) is 0 Å². The standard InChI is InChI=1S/C19H26O11/c1-9(21)10-2-4-11(5-3-10)29-17-15(24)14(23)13(22)12(30-17)6-27-18-16(25)19(26,7-20)8-28-18/h2-5,12-18,20,22-26H,6-8H2,1H3/t12-,13-,14+,15-,16+,17-,18-,19-/m1/s1. The highest BCUT2D eigenvalue weighted by molar-refractivity contribution is 5.94. The lowest BCUT2D eigenvalue weighted by Crippen LogP contribution is -2.60. The number of ether oxygens (including phenoxy) is 4. The molecule has 2 fully saturated rings. The van der Waals surface area contributed by atoms with Gasteiger partial charge in [-0.2, -0.15) is 0 Å². The van der Waals surface area contributed by atoms with E-state index in [1.54, 1.807) is 0 Å². The van der Waals surface area contributed by atoms with Gasteiger partial charge in [-0.3, -0.25) is 4.79 Å². The van der Waals surface area contributed by atoms with Crippen molar-refractivity contribution in [1.82, 2.24) is 0 Å². The molecule has 0 aliphatic carbocycles. The zero-order chi connectivity index (χ0) is 22.1. The van der Waals surface area contributed by atoms with Crippen molar-refractivity contribution in [3.8, 4) is 5.75 Å². The van der Waals surface area contributed by atoms with Crippen LogP contribution >= 0.6 is 0 Å². The summed E-state index contributed by atoms with van der Waals surface area (Å²) in [6, 6.07) is 6.04. The van der Waals surface area contributed by atoms with E-state index in [2.05, 4.69) is 0 Å². The van der Waals surface area contributed by atoms with Gasteiger partial charge in [0, 0.05) is 5.56 Å².